The van der Waals surface area contributed by atoms with Gasteiger partial charge in [0.25, 0.3) is 5.91 Å². The van der Waals surface area contributed by atoms with Gasteiger partial charge in [-0.2, -0.15) is 10.1 Å². The molecule has 0 unspecified atom stereocenters. The van der Waals surface area contributed by atoms with Crippen molar-refractivity contribution in [2.45, 2.75) is 25.7 Å². The van der Waals surface area contributed by atoms with Crippen LogP contribution in [-0.4, -0.2) is 55.9 Å². The molecule has 1 aliphatic rings. The Morgan fingerprint density at radius 1 is 1.24 bits per heavy atom. The summed E-state index contributed by atoms with van der Waals surface area (Å²) in [7, 11) is 3.38. The number of aromatic nitrogens is 6. The third kappa shape index (κ3) is 3.83. The Morgan fingerprint density at radius 2 is 1.97 bits per heavy atom. The molecule has 0 atom stereocenters. The predicted molar refractivity (Wildman–Crippen MR) is 106 cm³/mol. The third-order valence-corrected chi connectivity index (χ3v) is 5.14. The zero-order chi connectivity index (χ0) is 20.4. The molecule has 0 spiro atoms. The zero-order valence-electron chi connectivity index (χ0n) is 16.7. The summed E-state index contributed by atoms with van der Waals surface area (Å²) >= 11 is 0. The second kappa shape index (κ2) is 8.00. The fraction of sp³-hybridized carbons (Fsp3) is 0.421. The first-order valence-electron chi connectivity index (χ1n) is 9.56. The van der Waals surface area contributed by atoms with E-state index in [0.29, 0.717) is 17.6 Å². The van der Waals surface area contributed by atoms with Crippen molar-refractivity contribution in [3.8, 4) is 11.4 Å². The van der Waals surface area contributed by atoms with Crippen LogP contribution >= 0.6 is 0 Å². The van der Waals surface area contributed by atoms with Gasteiger partial charge in [0.15, 0.2) is 11.5 Å². The lowest BCUT2D eigenvalue weighted by Crippen LogP contribution is -2.27. The summed E-state index contributed by atoms with van der Waals surface area (Å²) in [6.07, 6.45) is 1.99. The molecule has 1 fully saturated rings. The number of nitrogens with zero attached hydrogens (tertiary/aromatic N) is 6. The Morgan fingerprint density at radius 3 is 2.66 bits per heavy atom. The minimum atomic E-state index is -0.366. The van der Waals surface area contributed by atoms with Gasteiger partial charge in [-0.3, -0.25) is 10.1 Å². The van der Waals surface area contributed by atoms with Crippen molar-refractivity contribution in [1.82, 2.24) is 35.1 Å². The molecule has 0 saturated carbocycles. The molecule has 10 heteroatoms. The minimum Gasteiger partial charge on any atom is -0.497 e. The van der Waals surface area contributed by atoms with Gasteiger partial charge in [-0.15, -0.1) is 5.10 Å². The number of anilines is 1. The van der Waals surface area contributed by atoms with Crippen LogP contribution in [0.25, 0.3) is 5.69 Å². The van der Waals surface area contributed by atoms with Crippen LogP contribution in [0.15, 0.2) is 24.3 Å². The molecule has 0 aliphatic carbocycles. The van der Waals surface area contributed by atoms with Gasteiger partial charge in [-0.25, -0.2) is 9.36 Å². The molecule has 2 N–H and O–H groups in total. The summed E-state index contributed by atoms with van der Waals surface area (Å²) in [5, 5.41) is 18.8. The molecule has 29 heavy (non-hydrogen) atoms. The topological polar surface area (TPSA) is 112 Å². The van der Waals surface area contributed by atoms with Crippen molar-refractivity contribution < 1.29 is 9.53 Å². The normalized spacial score (nSPS) is 14.7. The maximum absolute atomic E-state index is 12.8. The molecule has 1 amide bonds. The van der Waals surface area contributed by atoms with Crippen LogP contribution in [0.1, 0.15) is 40.8 Å². The number of rotatable bonds is 5. The Hall–Kier alpha value is -3.27. The average molecular weight is 396 g/mol. The van der Waals surface area contributed by atoms with Gasteiger partial charge in [0, 0.05) is 13.0 Å². The maximum Gasteiger partial charge on any atom is 0.280 e. The molecular weight excluding hydrogens is 372 g/mol. The Balaban J connectivity index is 1.52. The van der Waals surface area contributed by atoms with Gasteiger partial charge in [0.2, 0.25) is 5.95 Å². The zero-order valence-corrected chi connectivity index (χ0v) is 16.7. The second-order valence-electron chi connectivity index (χ2n) is 7.03. The number of hydrogen-bond acceptors (Lipinski definition) is 7. The molecule has 3 aromatic rings. The van der Waals surface area contributed by atoms with Crippen molar-refractivity contribution in [2.24, 2.45) is 7.05 Å². The van der Waals surface area contributed by atoms with E-state index in [1.54, 1.807) is 30.4 Å². The highest BCUT2D eigenvalue weighted by molar-refractivity contribution is 6.02. The summed E-state index contributed by atoms with van der Waals surface area (Å²) in [4.78, 5) is 17.3. The van der Waals surface area contributed by atoms with Gasteiger partial charge in [-0.05, 0) is 57.1 Å². The standard InChI is InChI=1S/C19H24N8O2/c1-12-16(23-25-27(12)14-4-6-15(29-3)7-5-14)18(28)22-19-21-17(24-26(19)2)13-8-10-20-11-9-13/h4-7,13,20H,8-11H2,1-3H3,(H,21,22,24,28). The van der Waals surface area contributed by atoms with Crippen molar-refractivity contribution in [1.29, 1.82) is 0 Å². The highest BCUT2D eigenvalue weighted by Crippen LogP contribution is 2.23. The fourth-order valence-corrected chi connectivity index (χ4v) is 3.43. The Bertz CT molecular complexity index is 1000. The predicted octanol–water partition coefficient (Wildman–Crippen LogP) is 1.43. The van der Waals surface area contributed by atoms with E-state index in [1.807, 2.05) is 24.3 Å². The molecule has 0 radical (unpaired) electrons. The molecule has 2 aromatic heterocycles. The lowest BCUT2D eigenvalue weighted by molar-refractivity contribution is 0.102. The highest BCUT2D eigenvalue weighted by Gasteiger charge is 2.23. The number of nitrogens with one attached hydrogen (secondary N) is 2. The molecule has 3 heterocycles. The van der Waals surface area contributed by atoms with E-state index in [4.69, 9.17) is 4.74 Å². The second-order valence-corrected chi connectivity index (χ2v) is 7.03. The quantitative estimate of drug-likeness (QED) is 0.671. The highest BCUT2D eigenvalue weighted by atomic mass is 16.5. The summed E-state index contributed by atoms with van der Waals surface area (Å²) in [6.45, 7) is 3.72. The van der Waals surface area contributed by atoms with Crippen LogP contribution in [-0.2, 0) is 7.05 Å². The first-order chi connectivity index (χ1) is 14.1. The van der Waals surface area contributed by atoms with E-state index < -0.39 is 0 Å². The number of ether oxygens (including phenoxy) is 1. The van der Waals surface area contributed by atoms with E-state index in [1.165, 1.54) is 0 Å². The van der Waals surface area contributed by atoms with Crippen LogP contribution in [0.5, 0.6) is 5.75 Å². The fourth-order valence-electron chi connectivity index (χ4n) is 3.43. The van der Waals surface area contributed by atoms with Crippen molar-refractivity contribution >= 4 is 11.9 Å². The van der Waals surface area contributed by atoms with Crippen molar-refractivity contribution in [3.63, 3.8) is 0 Å². The Labute approximate surface area is 168 Å². The van der Waals surface area contributed by atoms with E-state index in [2.05, 4.69) is 31.0 Å². The number of hydrogen-bond donors (Lipinski definition) is 2. The SMILES string of the molecule is COc1ccc(-n2nnc(C(=O)Nc3nc(C4CCNCC4)nn3C)c2C)cc1. The summed E-state index contributed by atoms with van der Waals surface area (Å²) < 4.78 is 8.39. The monoisotopic (exact) mass is 396 g/mol. The first-order valence-corrected chi connectivity index (χ1v) is 9.56. The number of methoxy groups -OCH3 is 1. The van der Waals surface area contributed by atoms with Crippen molar-refractivity contribution in [2.75, 3.05) is 25.5 Å². The van der Waals surface area contributed by atoms with Crippen molar-refractivity contribution in [3.05, 3.63) is 41.5 Å². The lowest BCUT2D eigenvalue weighted by atomic mass is 9.98. The molecular formula is C19H24N8O2. The van der Waals surface area contributed by atoms with Gasteiger partial charge in [0.05, 0.1) is 18.5 Å². The number of piperidine rings is 1. The van der Waals surface area contributed by atoms with Crippen LogP contribution in [0.4, 0.5) is 5.95 Å². The molecule has 152 valence electrons. The first kappa shape index (κ1) is 19.1. The molecule has 0 bridgehead atoms. The number of carbonyl (C=O) groups excluding carboxylic acids is 1. The van der Waals surface area contributed by atoms with Crippen LogP contribution in [0.2, 0.25) is 0 Å². The van der Waals surface area contributed by atoms with E-state index in [0.717, 1.165) is 43.2 Å². The van der Waals surface area contributed by atoms with E-state index in [-0.39, 0.29) is 11.6 Å². The Kier molecular flexibility index (Phi) is 5.26. The minimum absolute atomic E-state index is 0.243. The van der Waals surface area contributed by atoms with Crippen LogP contribution < -0.4 is 15.4 Å². The smallest absolute Gasteiger partial charge is 0.280 e. The molecule has 1 aromatic carbocycles. The van der Waals surface area contributed by atoms with Gasteiger partial charge in [0.1, 0.15) is 5.75 Å². The number of carbonyl (C=O) groups is 1. The van der Waals surface area contributed by atoms with Gasteiger partial charge >= 0.3 is 0 Å². The van der Waals surface area contributed by atoms with Crippen LogP contribution in [0, 0.1) is 6.92 Å². The van der Waals surface area contributed by atoms with Gasteiger partial charge < -0.3 is 10.1 Å². The maximum atomic E-state index is 12.8. The lowest BCUT2D eigenvalue weighted by Gasteiger charge is -2.19. The largest absolute Gasteiger partial charge is 0.497 e. The summed E-state index contributed by atoms with van der Waals surface area (Å²) in [6, 6.07) is 7.38. The third-order valence-electron chi connectivity index (χ3n) is 5.14. The van der Waals surface area contributed by atoms with E-state index >= 15 is 0 Å². The van der Waals surface area contributed by atoms with E-state index in [9.17, 15) is 4.79 Å². The molecule has 1 aliphatic heterocycles. The molecule has 4 rings (SSSR count). The number of benzene rings is 1. The summed E-state index contributed by atoms with van der Waals surface area (Å²) in [5.41, 5.74) is 1.67. The number of amides is 1. The van der Waals surface area contributed by atoms with Gasteiger partial charge in [-0.1, -0.05) is 5.21 Å². The average Bonchev–Trinajstić information content (AvgIpc) is 3.31. The van der Waals surface area contributed by atoms with Crippen LogP contribution in [0.3, 0.4) is 0 Å². The molecule has 10 nitrogen and oxygen atoms in total. The molecule has 1 saturated heterocycles. The number of aryl methyl sites for hydroxylation is 1. The summed E-state index contributed by atoms with van der Waals surface area (Å²) in [5.74, 6) is 1.86.